The second-order valence-corrected chi connectivity index (χ2v) is 7.15. The molecule has 3 aromatic carbocycles. The molecule has 0 atom stereocenters. The minimum Gasteiger partial charge on any atom is -0.348 e. The summed E-state index contributed by atoms with van der Waals surface area (Å²) in [6.45, 7) is 2.35. The molecule has 4 rings (SSSR count). The Labute approximate surface area is 180 Å². The van der Waals surface area contributed by atoms with Crippen LogP contribution in [0.15, 0.2) is 85.1 Å². The maximum atomic E-state index is 13.0. The number of nitrogens with one attached hydrogen (secondary N) is 2. The lowest BCUT2D eigenvalue weighted by atomic mass is 10.1. The van der Waals surface area contributed by atoms with Crippen LogP contribution in [0.25, 0.3) is 11.4 Å². The topological polar surface area (TPSA) is 66.9 Å². The molecule has 0 aliphatic carbocycles. The van der Waals surface area contributed by atoms with Crippen LogP contribution in [-0.2, 0) is 6.54 Å². The maximum Gasteiger partial charge on any atom is 0.251 e. The van der Waals surface area contributed by atoms with Gasteiger partial charge < -0.3 is 10.6 Å². The van der Waals surface area contributed by atoms with Crippen LogP contribution in [0.5, 0.6) is 0 Å². The van der Waals surface area contributed by atoms with Crippen LogP contribution in [0.3, 0.4) is 0 Å². The zero-order valence-electron chi connectivity index (χ0n) is 17.0. The van der Waals surface area contributed by atoms with Gasteiger partial charge in [-0.3, -0.25) is 4.79 Å². The van der Waals surface area contributed by atoms with E-state index >= 15 is 0 Å². The van der Waals surface area contributed by atoms with Crippen LogP contribution >= 0.6 is 0 Å². The van der Waals surface area contributed by atoms with Crippen LogP contribution in [-0.4, -0.2) is 15.9 Å². The highest BCUT2D eigenvalue weighted by Crippen LogP contribution is 2.20. The van der Waals surface area contributed by atoms with Crippen LogP contribution in [0.4, 0.5) is 15.9 Å². The number of hydrogen-bond donors (Lipinski definition) is 2. The zero-order chi connectivity index (χ0) is 21.6. The summed E-state index contributed by atoms with van der Waals surface area (Å²) in [6, 6.07) is 23.0. The Morgan fingerprint density at radius 3 is 2.58 bits per heavy atom. The fourth-order valence-corrected chi connectivity index (χ4v) is 3.12. The number of amides is 1. The van der Waals surface area contributed by atoms with E-state index in [9.17, 15) is 9.18 Å². The van der Waals surface area contributed by atoms with Gasteiger partial charge >= 0.3 is 0 Å². The lowest BCUT2D eigenvalue weighted by Crippen LogP contribution is -2.22. The highest BCUT2D eigenvalue weighted by molar-refractivity contribution is 5.95. The summed E-state index contributed by atoms with van der Waals surface area (Å²) < 4.78 is 13.0. The van der Waals surface area contributed by atoms with Crippen molar-refractivity contribution < 1.29 is 9.18 Å². The Bertz CT molecular complexity index is 1210. The van der Waals surface area contributed by atoms with Crippen molar-refractivity contribution in [1.29, 1.82) is 0 Å². The molecule has 1 amide bonds. The van der Waals surface area contributed by atoms with Gasteiger partial charge in [-0.2, -0.15) is 0 Å². The summed E-state index contributed by atoms with van der Waals surface area (Å²) in [6.07, 6.45) is 1.70. The lowest BCUT2D eigenvalue weighted by Gasteiger charge is -2.10. The molecule has 0 spiro atoms. The van der Waals surface area contributed by atoms with Gasteiger partial charge in [0.2, 0.25) is 0 Å². The first-order valence-corrected chi connectivity index (χ1v) is 9.87. The Balaban J connectivity index is 1.45. The first-order valence-electron chi connectivity index (χ1n) is 9.87. The highest BCUT2D eigenvalue weighted by Gasteiger charge is 2.08. The molecule has 0 saturated heterocycles. The van der Waals surface area contributed by atoms with E-state index in [2.05, 4.69) is 20.6 Å². The van der Waals surface area contributed by atoms with E-state index in [1.165, 1.54) is 12.1 Å². The van der Waals surface area contributed by atoms with E-state index in [-0.39, 0.29) is 11.7 Å². The van der Waals surface area contributed by atoms with E-state index in [4.69, 9.17) is 0 Å². The average molecular weight is 412 g/mol. The molecule has 5 nitrogen and oxygen atoms in total. The lowest BCUT2D eigenvalue weighted by molar-refractivity contribution is 0.0951. The Hall–Kier alpha value is -4.06. The van der Waals surface area contributed by atoms with E-state index in [1.54, 1.807) is 42.6 Å². The third-order valence-electron chi connectivity index (χ3n) is 4.70. The van der Waals surface area contributed by atoms with Gasteiger partial charge in [-0.1, -0.05) is 42.0 Å². The van der Waals surface area contributed by atoms with E-state index in [0.717, 1.165) is 22.4 Å². The number of aromatic nitrogens is 2. The van der Waals surface area contributed by atoms with E-state index < -0.39 is 0 Å². The van der Waals surface area contributed by atoms with Crippen molar-refractivity contribution in [2.75, 3.05) is 5.32 Å². The number of hydrogen-bond acceptors (Lipinski definition) is 4. The van der Waals surface area contributed by atoms with Gasteiger partial charge in [-0.15, -0.1) is 0 Å². The molecule has 0 bridgehead atoms. The van der Waals surface area contributed by atoms with Crippen molar-refractivity contribution in [2.24, 2.45) is 0 Å². The van der Waals surface area contributed by atoms with Crippen molar-refractivity contribution in [1.82, 2.24) is 15.3 Å². The largest absolute Gasteiger partial charge is 0.348 e. The summed E-state index contributed by atoms with van der Waals surface area (Å²) in [7, 11) is 0. The van der Waals surface area contributed by atoms with Crippen molar-refractivity contribution >= 4 is 17.4 Å². The van der Waals surface area contributed by atoms with Gasteiger partial charge in [0, 0.05) is 29.6 Å². The molecule has 31 heavy (non-hydrogen) atoms. The zero-order valence-corrected chi connectivity index (χ0v) is 17.0. The Morgan fingerprint density at radius 1 is 0.968 bits per heavy atom. The fourth-order valence-electron chi connectivity index (χ4n) is 3.12. The normalized spacial score (nSPS) is 10.5. The highest BCUT2D eigenvalue weighted by atomic mass is 19.1. The van der Waals surface area contributed by atoms with Gasteiger partial charge in [0.1, 0.15) is 11.6 Å². The third kappa shape index (κ3) is 5.30. The van der Waals surface area contributed by atoms with Crippen molar-refractivity contribution in [3.05, 3.63) is 108 Å². The van der Waals surface area contributed by atoms with E-state index in [1.807, 2.05) is 37.3 Å². The van der Waals surface area contributed by atoms with Crippen molar-refractivity contribution in [3.8, 4) is 11.4 Å². The standard InChI is InChI=1S/C25H21FN4O/c1-17-4-2-5-19(14-17)24-27-13-12-23(30-24)29-22-7-3-6-20(15-22)25(31)28-16-18-8-10-21(26)11-9-18/h2-15H,16H2,1H3,(H,28,31)(H,27,29,30). The molecule has 6 heteroatoms. The van der Waals surface area contributed by atoms with Gasteiger partial charge in [0.25, 0.3) is 5.91 Å². The average Bonchev–Trinajstić information content (AvgIpc) is 2.79. The SMILES string of the molecule is Cc1cccc(-c2nccc(Nc3cccc(C(=O)NCc4ccc(F)cc4)c3)n2)c1. The second-order valence-electron chi connectivity index (χ2n) is 7.15. The molecule has 0 fully saturated rings. The smallest absolute Gasteiger partial charge is 0.251 e. The second kappa shape index (κ2) is 9.17. The Morgan fingerprint density at radius 2 is 1.77 bits per heavy atom. The number of rotatable bonds is 6. The molecule has 0 saturated carbocycles. The first kappa shape index (κ1) is 20.2. The van der Waals surface area contributed by atoms with Crippen molar-refractivity contribution in [2.45, 2.75) is 13.5 Å². The van der Waals surface area contributed by atoms with Crippen LogP contribution in [0, 0.1) is 12.7 Å². The van der Waals surface area contributed by atoms with E-state index in [0.29, 0.717) is 23.8 Å². The molecule has 1 aromatic heterocycles. The predicted octanol–water partition coefficient (Wildman–Crippen LogP) is 5.26. The van der Waals surface area contributed by atoms with Crippen LogP contribution in [0.1, 0.15) is 21.5 Å². The summed E-state index contributed by atoms with van der Waals surface area (Å²) in [5.74, 6) is 0.748. The number of benzene rings is 3. The molecule has 4 aromatic rings. The molecule has 0 unspecified atom stereocenters. The minimum absolute atomic E-state index is 0.212. The third-order valence-corrected chi connectivity index (χ3v) is 4.70. The summed E-state index contributed by atoms with van der Waals surface area (Å²) >= 11 is 0. The predicted molar refractivity (Wildman–Crippen MR) is 119 cm³/mol. The number of nitrogens with zero attached hydrogens (tertiary/aromatic N) is 2. The van der Waals surface area contributed by atoms with Crippen LogP contribution < -0.4 is 10.6 Å². The molecular weight excluding hydrogens is 391 g/mol. The van der Waals surface area contributed by atoms with Gasteiger partial charge in [-0.25, -0.2) is 14.4 Å². The minimum atomic E-state index is -0.302. The first-order chi connectivity index (χ1) is 15.1. The summed E-state index contributed by atoms with van der Waals surface area (Å²) in [5, 5.41) is 6.08. The quantitative estimate of drug-likeness (QED) is 0.453. The fraction of sp³-hybridized carbons (Fsp3) is 0.0800. The summed E-state index contributed by atoms with van der Waals surface area (Å²) in [5.41, 5.74) is 4.16. The number of carbonyl (C=O) groups is 1. The molecule has 0 aliphatic rings. The molecule has 154 valence electrons. The molecule has 2 N–H and O–H groups in total. The van der Waals surface area contributed by atoms with Gasteiger partial charge in [0.15, 0.2) is 5.82 Å². The number of halogens is 1. The van der Waals surface area contributed by atoms with Gasteiger partial charge in [0.05, 0.1) is 0 Å². The molecule has 0 aliphatic heterocycles. The van der Waals surface area contributed by atoms with Gasteiger partial charge in [-0.05, 0) is 55.0 Å². The van der Waals surface area contributed by atoms with Crippen LogP contribution in [0.2, 0.25) is 0 Å². The maximum absolute atomic E-state index is 13.0. The monoisotopic (exact) mass is 412 g/mol. The number of aryl methyl sites for hydroxylation is 1. The summed E-state index contributed by atoms with van der Waals surface area (Å²) in [4.78, 5) is 21.5. The molecular formula is C25H21FN4O. The number of anilines is 2. The number of carbonyl (C=O) groups excluding carboxylic acids is 1. The molecule has 0 radical (unpaired) electrons. The Kier molecular flexibility index (Phi) is 5.98. The van der Waals surface area contributed by atoms with Crippen molar-refractivity contribution in [3.63, 3.8) is 0 Å². The molecule has 1 heterocycles.